The van der Waals surface area contributed by atoms with Gasteiger partial charge in [0.2, 0.25) is 0 Å². The van der Waals surface area contributed by atoms with Crippen molar-refractivity contribution in [3.05, 3.63) is 40.9 Å². The van der Waals surface area contributed by atoms with Gasteiger partial charge in [-0.25, -0.2) is 8.42 Å². The van der Waals surface area contributed by atoms with E-state index in [9.17, 15) is 13.2 Å². The van der Waals surface area contributed by atoms with Crippen molar-refractivity contribution in [1.29, 1.82) is 0 Å². The van der Waals surface area contributed by atoms with Crippen LogP contribution in [0.3, 0.4) is 0 Å². The summed E-state index contributed by atoms with van der Waals surface area (Å²) < 4.78 is 29.6. The van der Waals surface area contributed by atoms with Gasteiger partial charge < -0.3 is 9.64 Å². The van der Waals surface area contributed by atoms with Gasteiger partial charge >= 0.3 is 0 Å². The van der Waals surface area contributed by atoms with E-state index in [2.05, 4.69) is 15.9 Å². The van der Waals surface area contributed by atoms with Crippen molar-refractivity contribution in [1.82, 2.24) is 4.90 Å². The maximum atomic E-state index is 12.2. The zero-order valence-electron chi connectivity index (χ0n) is 13.2. The Morgan fingerprint density at radius 1 is 1.25 bits per heavy atom. The van der Waals surface area contributed by atoms with Crippen LogP contribution in [0.25, 0.3) is 10.8 Å². The minimum atomic E-state index is -3.01. The van der Waals surface area contributed by atoms with E-state index in [1.54, 1.807) is 7.05 Å². The molecule has 3 rings (SSSR count). The third-order valence-corrected chi connectivity index (χ3v) is 6.53. The molecule has 1 atom stereocenters. The van der Waals surface area contributed by atoms with E-state index in [0.717, 1.165) is 15.2 Å². The smallest absolute Gasteiger partial charge is 0.260 e. The number of likely N-dealkylation sites (N-methyl/N-ethyl adjacent to an activating group) is 1. The Kier molecular flexibility index (Phi) is 4.83. The third-order valence-electron chi connectivity index (χ3n) is 4.29. The largest absolute Gasteiger partial charge is 0.484 e. The molecule has 0 radical (unpaired) electrons. The second kappa shape index (κ2) is 6.72. The monoisotopic (exact) mass is 411 g/mol. The van der Waals surface area contributed by atoms with Crippen LogP contribution >= 0.6 is 15.9 Å². The number of fused-ring (bicyclic) bond motifs is 1. The maximum absolute atomic E-state index is 12.2. The molecular formula is C17H18BrNO4S. The number of benzene rings is 2. The highest BCUT2D eigenvalue weighted by Gasteiger charge is 2.32. The first-order valence-electron chi connectivity index (χ1n) is 7.62. The average molecular weight is 412 g/mol. The van der Waals surface area contributed by atoms with Gasteiger partial charge in [0.15, 0.2) is 16.4 Å². The molecule has 1 fully saturated rings. The lowest BCUT2D eigenvalue weighted by atomic mass is 10.1. The molecular weight excluding hydrogens is 394 g/mol. The van der Waals surface area contributed by atoms with Gasteiger partial charge in [0, 0.05) is 17.6 Å². The Balaban J connectivity index is 1.62. The lowest BCUT2D eigenvalue weighted by Crippen LogP contribution is -2.40. The molecule has 0 spiro atoms. The molecule has 0 aromatic heterocycles. The number of sulfone groups is 1. The first kappa shape index (κ1) is 17.2. The molecule has 1 heterocycles. The average Bonchev–Trinajstić information content (AvgIpc) is 2.91. The van der Waals surface area contributed by atoms with Crippen LogP contribution in [0.5, 0.6) is 5.75 Å². The van der Waals surface area contributed by atoms with Crippen molar-refractivity contribution < 1.29 is 17.9 Å². The molecule has 24 heavy (non-hydrogen) atoms. The van der Waals surface area contributed by atoms with Crippen LogP contribution in [0.1, 0.15) is 6.42 Å². The van der Waals surface area contributed by atoms with Gasteiger partial charge in [-0.15, -0.1) is 0 Å². The van der Waals surface area contributed by atoms with Gasteiger partial charge in [-0.1, -0.05) is 28.1 Å². The van der Waals surface area contributed by atoms with E-state index in [1.165, 1.54) is 4.90 Å². The van der Waals surface area contributed by atoms with Crippen molar-refractivity contribution in [2.75, 3.05) is 25.2 Å². The minimum absolute atomic E-state index is 0.0418. The van der Waals surface area contributed by atoms with Crippen molar-refractivity contribution in [3.8, 4) is 5.75 Å². The molecule has 128 valence electrons. The van der Waals surface area contributed by atoms with Crippen LogP contribution in [0.2, 0.25) is 0 Å². The topological polar surface area (TPSA) is 63.7 Å². The van der Waals surface area contributed by atoms with Crippen LogP contribution in [0, 0.1) is 0 Å². The zero-order valence-corrected chi connectivity index (χ0v) is 15.6. The van der Waals surface area contributed by atoms with Crippen molar-refractivity contribution in [2.24, 2.45) is 0 Å². The molecule has 1 saturated heterocycles. The number of rotatable bonds is 4. The molecule has 5 nitrogen and oxygen atoms in total. The summed E-state index contributed by atoms with van der Waals surface area (Å²) in [5.41, 5.74) is 0. The van der Waals surface area contributed by atoms with Crippen molar-refractivity contribution in [2.45, 2.75) is 12.5 Å². The zero-order chi connectivity index (χ0) is 17.3. The molecule has 1 aliphatic heterocycles. The van der Waals surface area contributed by atoms with E-state index >= 15 is 0 Å². The first-order chi connectivity index (χ1) is 11.3. The van der Waals surface area contributed by atoms with E-state index < -0.39 is 9.84 Å². The molecule has 2 aromatic carbocycles. The molecule has 0 bridgehead atoms. The summed E-state index contributed by atoms with van der Waals surface area (Å²) in [5, 5.41) is 2.11. The molecule has 0 N–H and O–H groups in total. The minimum Gasteiger partial charge on any atom is -0.484 e. The number of hydrogen-bond acceptors (Lipinski definition) is 4. The predicted octanol–water partition coefficient (Wildman–Crippen LogP) is 2.63. The highest BCUT2D eigenvalue weighted by molar-refractivity contribution is 9.10. The van der Waals surface area contributed by atoms with Gasteiger partial charge in [-0.2, -0.15) is 0 Å². The van der Waals surface area contributed by atoms with Gasteiger partial charge in [0.25, 0.3) is 5.91 Å². The number of carbonyl (C=O) groups excluding carboxylic acids is 1. The van der Waals surface area contributed by atoms with E-state index in [-0.39, 0.29) is 30.1 Å². The van der Waals surface area contributed by atoms with Crippen molar-refractivity contribution in [3.63, 3.8) is 0 Å². The Labute approximate surface area is 149 Å². The number of ether oxygens (including phenoxy) is 1. The normalized spacial score (nSPS) is 19.3. The highest BCUT2D eigenvalue weighted by Crippen LogP contribution is 2.24. The standard InChI is InChI=1S/C17H18BrNO4S/c1-19(15-6-7-24(21,22)11-15)17(20)10-23-16-5-3-12-8-14(18)4-2-13(12)9-16/h2-5,8-9,15H,6-7,10-11H2,1H3/t15-/m0/s1. The Hall–Kier alpha value is -1.60. The van der Waals surface area contributed by atoms with Gasteiger partial charge in [0.1, 0.15) is 5.75 Å². The number of amides is 1. The highest BCUT2D eigenvalue weighted by atomic mass is 79.9. The summed E-state index contributed by atoms with van der Waals surface area (Å²) in [4.78, 5) is 13.7. The van der Waals surface area contributed by atoms with Crippen LogP contribution in [0.15, 0.2) is 40.9 Å². The summed E-state index contributed by atoms with van der Waals surface area (Å²) in [6, 6.07) is 11.3. The van der Waals surface area contributed by atoms with Crippen LogP contribution in [-0.4, -0.2) is 50.4 Å². The fourth-order valence-electron chi connectivity index (χ4n) is 2.82. The summed E-state index contributed by atoms with van der Waals surface area (Å²) in [7, 11) is -1.37. The fourth-order valence-corrected chi connectivity index (χ4v) is 4.97. The third kappa shape index (κ3) is 3.89. The number of nitrogens with zero attached hydrogens (tertiary/aromatic N) is 1. The molecule has 2 aromatic rings. The molecule has 0 aliphatic carbocycles. The Morgan fingerprint density at radius 2 is 1.96 bits per heavy atom. The quantitative estimate of drug-likeness (QED) is 0.775. The molecule has 1 amide bonds. The summed E-state index contributed by atoms with van der Waals surface area (Å²) >= 11 is 3.43. The SMILES string of the molecule is CN(C(=O)COc1ccc2cc(Br)ccc2c1)[C@H]1CCS(=O)(=O)C1. The number of hydrogen-bond donors (Lipinski definition) is 0. The van der Waals surface area contributed by atoms with Crippen LogP contribution in [-0.2, 0) is 14.6 Å². The molecule has 0 unspecified atom stereocenters. The fraction of sp³-hybridized carbons (Fsp3) is 0.353. The number of carbonyl (C=O) groups is 1. The Bertz CT molecular complexity index is 881. The van der Waals surface area contributed by atoms with Crippen LogP contribution in [0.4, 0.5) is 0 Å². The molecule has 7 heteroatoms. The molecule has 0 saturated carbocycles. The Morgan fingerprint density at radius 3 is 2.67 bits per heavy atom. The number of halogens is 1. The van der Waals surface area contributed by atoms with Gasteiger partial charge in [-0.3, -0.25) is 4.79 Å². The summed E-state index contributed by atoms with van der Waals surface area (Å²) in [6.45, 7) is -0.102. The maximum Gasteiger partial charge on any atom is 0.260 e. The lowest BCUT2D eigenvalue weighted by molar-refractivity contribution is -0.133. The lowest BCUT2D eigenvalue weighted by Gasteiger charge is -2.23. The summed E-state index contributed by atoms with van der Waals surface area (Å²) in [6.07, 6.45) is 0.495. The van der Waals surface area contributed by atoms with E-state index in [1.807, 2.05) is 36.4 Å². The predicted molar refractivity (Wildman–Crippen MR) is 97.0 cm³/mol. The second-order valence-corrected chi connectivity index (χ2v) is 9.15. The first-order valence-corrected chi connectivity index (χ1v) is 10.2. The van der Waals surface area contributed by atoms with E-state index in [4.69, 9.17) is 4.74 Å². The van der Waals surface area contributed by atoms with Gasteiger partial charge in [0.05, 0.1) is 11.5 Å². The second-order valence-electron chi connectivity index (χ2n) is 6.00. The van der Waals surface area contributed by atoms with Crippen LogP contribution < -0.4 is 4.74 Å². The summed E-state index contributed by atoms with van der Waals surface area (Å²) in [5.74, 6) is 0.592. The van der Waals surface area contributed by atoms with Crippen molar-refractivity contribution >= 4 is 42.4 Å². The van der Waals surface area contributed by atoms with E-state index in [0.29, 0.717) is 12.2 Å². The molecule has 1 aliphatic rings. The van der Waals surface area contributed by atoms with Gasteiger partial charge in [-0.05, 0) is 41.5 Å².